The Morgan fingerprint density at radius 2 is 1.83 bits per heavy atom. The Hall–Kier alpha value is -2.90. The third-order valence-electron chi connectivity index (χ3n) is 4.43. The molecule has 0 spiro atoms. The van der Waals surface area contributed by atoms with Gasteiger partial charge in [0, 0.05) is 16.4 Å². The Bertz CT molecular complexity index is 1230. The summed E-state index contributed by atoms with van der Waals surface area (Å²) in [5, 5.41) is 6.42. The van der Waals surface area contributed by atoms with Gasteiger partial charge in [0.25, 0.3) is 5.91 Å². The second-order valence-electron chi connectivity index (χ2n) is 6.49. The zero-order chi connectivity index (χ0) is 20.9. The summed E-state index contributed by atoms with van der Waals surface area (Å²) >= 11 is 6.78. The molecule has 7 heteroatoms. The van der Waals surface area contributed by atoms with Crippen LogP contribution in [0.4, 0.5) is 0 Å². The second-order valence-corrected chi connectivity index (χ2v) is 8.26. The van der Waals surface area contributed by atoms with Crippen molar-refractivity contribution in [3.8, 4) is 11.4 Å². The predicted octanol–water partition coefficient (Wildman–Crippen LogP) is 5.68. The lowest BCUT2D eigenvalue weighted by Gasteiger charge is -2.08. The average molecular weight is 527 g/mol. The molecule has 3 aromatic carbocycles. The number of hydrazone groups is 1. The van der Waals surface area contributed by atoms with Crippen molar-refractivity contribution in [2.45, 2.75) is 0 Å². The van der Waals surface area contributed by atoms with Crippen LogP contribution in [0.15, 0.2) is 93.0 Å². The van der Waals surface area contributed by atoms with Crippen LogP contribution >= 0.6 is 31.9 Å². The first-order valence-corrected chi connectivity index (χ1v) is 10.7. The number of hydrogen-bond acceptors (Lipinski definition) is 3. The first-order chi connectivity index (χ1) is 14.6. The molecule has 0 saturated carbocycles. The Morgan fingerprint density at radius 1 is 1.00 bits per heavy atom. The van der Waals surface area contributed by atoms with E-state index >= 15 is 0 Å². The summed E-state index contributed by atoms with van der Waals surface area (Å²) in [4.78, 5) is 12.0. The molecule has 0 saturated heterocycles. The number of aromatic nitrogens is 1. The minimum Gasteiger partial charge on any atom is -0.483 e. The molecule has 1 N–H and O–H groups in total. The number of carbonyl (C=O) groups excluding carboxylic acids is 1. The number of carbonyl (C=O) groups is 1. The van der Waals surface area contributed by atoms with Crippen LogP contribution in [0.3, 0.4) is 0 Å². The summed E-state index contributed by atoms with van der Waals surface area (Å²) in [5.74, 6) is 0.243. The summed E-state index contributed by atoms with van der Waals surface area (Å²) in [6.07, 6.45) is 3.57. The zero-order valence-electron chi connectivity index (χ0n) is 15.8. The van der Waals surface area contributed by atoms with E-state index in [0.717, 1.165) is 25.7 Å². The number of halogens is 2. The van der Waals surface area contributed by atoms with E-state index in [1.165, 1.54) is 5.39 Å². The highest BCUT2D eigenvalue weighted by Gasteiger charge is 2.06. The van der Waals surface area contributed by atoms with Gasteiger partial charge in [-0.15, -0.1) is 0 Å². The smallest absolute Gasteiger partial charge is 0.277 e. The molecule has 1 heterocycles. The van der Waals surface area contributed by atoms with Gasteiger partial charge in [-0.2, -0.15) is 5.10 Å². The Kier molecular flexibility index (Phi) is 6.30. The van der Waals surface area contributed by atoms with Crippen molar-refractivity contribution in [3.63, 3.8) is 0 Å². The molecule has 1 amide bonds. The lowest BCUT2D eigenvalue weighted by molar-refractivity contribution is -0.123. The second kappa shape index (κ2) is 9.28. The number of fused-ring (bicyclic) bond motifs is 1. The van der Waals surface area contributed by atoms with Gasteiger partial charge < -0.3 is 9.30 Å². The molecule has 0 aliphatic heterocycles. The van der Waals surface area contributed by atoms with E-state index in [-0.39, 0.29) is 12.5 Å². The highest BCUT2D eigenvalue weighted by atomic mass is 79.9. The molecule has 0 unspecified atom stereocenters. The maximum Gasteiger partial charge on any atom is 0.277 e. The summed E-state index contributed by atoms with van der Waals surface area (Å²) in [5.41, 5.74) is 4.37. The van der Waals surface area contributed by atoms with Crippen LogP contribution in [0.25, 0.3) is 16.5 Å². The Labute approximate surface area is 190 Å². The number of nitrogens with zero attached hydrogens (tertiary/aromatic N) is 2. The molecule has 0 atom stereocenters. The number of ether oxygens (including phenoxy) is 1. The fourth-order valence-electron chi connectivity index (χ4n) is 3.00. The van der Waals surface area contributed by atoms with Crippen molar-refractivity contribution in [2.24, 2.45) is 5.10 Å². The van der Waals surface area contributed by atoms with Crippen LogP contribution in [0.1, 0.15) is 5.69 Å². The van der Waals surface area contributed by atoms with Crippen LogP contribution in [-0.2, 0) is 4.79 Å². The van der Waals surface area contributed by atoms with E-state index in [9.17, 15) is 4.79 Å². The quantitative estimate of drug-likeness (QED) is 0.259. The number of amides is 1. The summed E-state index contributed by atoms with van der Waals surface area (Å²) < 4.78 is 9.21. The van der Waals surface area contributed by atoms with Gasteiger partial charge in [0.2, 0.25) is 0 Å². The molecular weight excluding hydrogens is 510 g/mol. The monoisotopic (exact) mass is 525 g/mol. The van der Waals surface area contributed by atoms with Crippen molar-refractivity contribution in [1.82, 2.24) is 9.99 Å². The summed E-state index contributed by atoms with van der Waals surface area (Å²) in [7, 11) is 0. The molecule has 4 aromatic rings. The van der Waals surface area contributed by atoms with Gasteiger partial charge in [0.1, 0.15) is 5.75 Å². The lowest BCUT2D eigenvalue weighted by Crippen LogP contribution is -2.24. The minimum absolute atomic E-state index is 0.136. The van der Waals surface area contributed by atoms with Crippen molar-refractivity contribution in [1.29, 1.82) is 0 Å². The van der Waals surface area contributed by atoms with Gasteiger partial charge in [-0.25, -0.2) is 5.43 Å². The van der Waals surface area contributed by atoms with Crippen LogP contribution < -0.4 is 10.2 Å². The van der Waals surface area contributed by atoms with Gasteiger partial charge in [-0.1, -0.05) is 46.3 Å². The van der Waals surface area contributed by atoms with Crippen molar-refractivity contribution in [3.05, 3.63) is 93.6 Å². The van der Waals surface area contributed by atoms with Crippen LogP contribution in [-0.4, -0.2) is 23.3 Å². The molecule has 150 valence electrons. The third-order valence-corrected chi connectivity index (χ3v) is 5.54. The fourth-order valence-corrected chi connectivity index (χ4v) is 4.16. The molecular formula is C23H17Br2N3O2. The van der Waals surface area contributed by atoms with Crippen LogP contribution in [0.5, 0.6) is 5.75 Å². The van der Waals surface area contributed by atoms with Crippen molar-refractivity contribution < 1.29 is 9.53 Å². The van der Waals surface area contributed by atoms with E-state index in [1.807, 2.05) is 47.2 Å². The van der Waals surface area contributed by atoms with E-state index in [4.69, 9.17) is 4.74 Å². The molecule has 4 rings (SSSR count). The number of nitrogens with one attached hydrogen (secondary N) is 1. The molecule has 0 aliphatic carbocycles. The lowest BCUT2D eigenvalue weighted by atomic mass is 10.1. The number of hydrogen-bond donors (Lipinski definition) is 1. The standard InChI is InChI=1S/C23H17Br2N3O2/c24-18-8-10-22(21(25)13-18)30-15-23(29)27-26-14-20-6-3-11-28(20)19-9-7-16-4-1-2-5-17(16)12-19/h1-14H,15H2,(H,27,29)/b26-14-. The first kappa shape index (κ1) is 20.4. The molecule has 0 aliphatic rings. The van der Waals surface area contributed by atoms with E-state index in [0.29, 0.717) is 5.75 Å². The van der Waals surface area contributed by atoms with Gasteiger partial charge in [-0.3, -0.25) is 4.79 Å². The summed E-state index contributed by atoms with van der Waals surface area (Å²) in [6, 6.07) is 23.8. The van der Waals surface area contributed by atoms with Crippen LogP contribution in [0.2, 0.25) is 0 Å². The molecule has 5 nitrogen and oxygen atoms in total. The molecule has 0 bridgehead atoms. The highest BCUT2D eigenvalue weighted by Crippen LogP contribution is 2.28. The Morgan fingerprint density at radius 3 is 2.67 bits per heavy atom. The van der Waals surface area contributed by atoms with Crippen molar-refractivity contribution in [2.75, 3.05) is 6.61 Å². The van der Waals surface area contributed by atoms with Crippen LogP contribution in [0, 0.1) is 0 Å². The SMILES string of the molecule is O=C(COc1ccc(Br)cc1Br)N/N=C\c1cccn1-c1ccc2ccccc2c1. The number of benzene rings is 3. The fraction of sp³-hybridized carbons (Fsp3) is 0.0435. The molecule has 1 aromatic heterocycles. The first-order valence-electron chi connectivity index (χ1n) is 9.16. The van der Waals surface area contributed by atoms with Gasteiger partial charge >= 0.3 is 0 Å². The average Bonchev–Trinajstić information content (AvgIpc) is 3.21. The molecule has 30 heavy (non-hydrogen) atoms. The van der Waals surface area contributed by atoms with Gasteiger partial charge in [0.15, 0.2) is 6.61 Å². The third kappa shape index (κ3) is 4.80. The highest BCUT2D eigenvalue weighted by molar-refractivity contribution is 9.11. The van der Waals surface area contributed by atoms with E-state index < -0.39 is 0 Å². The van der Waals surface area contributed by atoms with Gasteiger partial charge in [0.05, 0.1) is 16.4 Å². The topological polar surface area (TPSA) is 55.6 Å². The largest absolute Gasteiger partial charge is 0.483 e. The van der Waals surface area contributed by atoms with E-state index in [1.54, 1.807) is 12.3 Å². The Balaban J connectivity index is 1.40. The maximum atomic E-state index is 12.0. The van der Waals surface area contributed by atoms with Crippen molar-refractivity contribution >= 4 is 54.8 Å². The van der Waals surface area contributed by atoms with Gasteiger partial charge in [-0.05, 0) is 69.2 Å². The molecule has 0 fully saturated rings. The maximum absolute atomic E-state index is 12.0. The molecule has 0 radical (unpaired) electrons. The zero-order valence-corrected chi connectivity index (χ0v) is 18.9. The predicted molar refractivity (Wildman–Crippen MR) is 126 cm³/mol. The summed E-state index contributed by atoms with van der Waals surface area (Å²) in [6.45, 7) is -0.136. The normalized spacial score (nSPS) is 11.1. The number of rotatable bonds is 6. The van der Waals surface area contributed by atoms with E-state index in [2.05, 4.69) is 72.7 Å². The minimum atomic E-state index is -0.343.